The number of para-hydroxylation sites is 3. The van der Waals surface area contributed by atoms with Crippen molar-refractivity contribution in [1.29, 1.82) is 0 Å². The summed E-state index contributed by atoms with van der Waals surface area (Å²) in [6.07, 6.45) is 0. The number of fused-ring (bicyclic) bond motifs is 1. The predicted molar refractivity (Wildman–Crippen MR) is 125 cm³/mol. The monoisotopic (exact) mass is 415 g/mol. The molecule has 0 spiro atoms. The molecule has 0 aliphatic rings. The Labute approximate surface area is 182 Å². The third-order valence-electron chi connectivity index (χ3n) is 5.27. The van der Waals surface area contributed by atoms with Crippen molar-refractivity contribution in [3.8, 4) is 5.69 Å². The number of hydrogen-bond acceptors (Lipinski definition) is 3. The third-order valence-corrected chi connectivity index (χ3v) is 5.27. The van der Waals surface area contributed by atoms with Crippen molar-refractivity contribution in [2.24, 2.45) is 12.0 Å². The van der Waals surface area contributed by atoms with Gasteiger partial charge in [-0.05, 0) is 50.6 Å². The molecule has 2 aromatic carbocycles. The predicted octanol–water partition coefficient (Wildman–Crippen LogP) is 3.63. The summed E-state index contributed by atoms with van der Waals surface area (Å²) in [5, 5.41) is 11.4. The molecule has 0 saturated carbocycles. The van der Waals surface area contributed by atoms with E-state index in [9.17, 15) is 0 Å². The zero-order chi connectivity index (χ0) is 21.8. The van der Waals surface area contributed by atoms with Gasteiger partial charge in [0.25, 0.3) is 0 Å². The number of guanidine groups is 1. The molecule has 2 heterocycles. The second kappa shape index (κ2) is 9.04. The Morgan fingerprint density at radius 3 is 2.55 bits per heavy atom. The van der Waals surface area contributed by atoms with E-state index in [0.717, 1.165) is 52.0 Å². The fourth-order valence-electron chi connectivity index (χ4n) is 3.75. The fraction of sp³-hybridized carbons (Fsp3) is 0.292. The number of benzene rings is 2. The number of hydrogen-bond donors (Lipinski definition) is 2. The van der Waals surface area contributed by atoms with Crippen molar-refractivity contribution in [2.75, 3.05) is 6.54 Å². The van der Waals surface area contributed by atoms with Crippen molar-refractivity contribution in [3.63, 3.8) is 0 Å². The summed E-state index contributed by atoms with van der Waals surface area (Å²) in [5.41, 5.74) is 6.42. The van der Waals surface area contributed by atoms with Gasteiger partial charge in [0, 0.05) is 19.3 Å². The van der Waals surface area contributed by atoms with Crippen molar-refractivity contribution in [1.82, 2.24) is 30.0 Å². The van der Waals surface area contributed by atoms with Crippen LogP contribution in [-0.4, -0.2) is 31.8 Å². The summed E-state index contributed by atoms with van der Waals surface area (Å²) >= 11 is 0. The molecule has 0 radical (unpaired) electrons. The van der Waals surface area contributed by atoms with Crippen LogP contribution >= 0.6 is 0 Å². The fourth-order valence-corrected chi connectivity index (χ4v) is 3.75. The molecule has 0 aliphatic carbocycles. The van der Waals surface area contributed by atoms with Gasteiger partial charge in [-0.3, -0.25) is 0 Å². The lowest BCUT2D eigenvalue weighted by molar-refractivity contribution is 0.737. The maximum Gasteiger partial charge on any atom is 0.191 e. The molecular weight excluding hydrogens is 386 g/mol. The van der Waals surface area contributed by atoms with Gasteiger partial charge in [0.15, 0.2) is 5.96 Å². The quantitative estimate of drug-likeness (QED) is 0.373. The van der Waals surface area contributed by atoms with Crippen molar-refractivity contribution >= 4 is 17.0 Å². The second-order valence-corrected chi connectivity index (χ2v) is 7.59. The highest BCUT2D eigenvalue weighted by Crippen LogP contribution is 2.18. The minimum atomic E-state index is 0.548. The molecular formula is C24H29N7. The lowest BCUT2D eigenvalue weighted by atomic mass is 10.2. The number of imidazole rings is 1. The van der Waals surface area contributed by atoms with Crippen LogP contribution in [0.15, 0.2) is 59.6 Å². The van der Waals surface area contributed by atoms with Crippen LogP contribution in [0, 0.1) is 13.8 Å². The van der Waals surface area contributed by atoms with Gasteiger partial charge in [0.2, 0.25) is 0 Å². The standard InChI is InChI=1S/C24H29N7/c1-5-25-24(27-16-23-28-20-11-7-9-13-22(20)30(23)4)26-15-19-10-6-8-12-21(19)31-18(3)14-17(2)29-31/h6-14H,5,15-16H2,1-4H3,(H2,25,26,27). The normalized spacial score (nSPS) is 11.8. The summed E-state index contributed by atoms with van der Waals surface area (Å²) in [6, 6.07) is 18.5. The van der Waals surface area contributed by atoms with E-state index in [-0.39, 0.29) is 0 Å². The highest BCUT2D eigenvalue weighted by Gasteiger charge is 2.10. The Hall–Kier alpha value is -3.61. The molecule has 0 unspecified atom stereocenters. The highest BCUT2D eigenvalue weighted by atomic mass is 15.3. The molecule has 7 nitrogen and oxygen atoms in total. The number of rotatable bonds is 6. The Balaban J connectivity index is 1.53. The van der Waals surface area contributed by atoms with E-state index < -0.39 is 0 Å². The van der Waals surface area contributed by atoms with Crippen molar-refractivity contribution < 1.29 is 0 Å². The summed E-state index contributed by atoms with van der Waals surface area (Å²) in [4.78, 5) is 9.56. The summed E-state index contributed by atoms with van der Waals surface area (Å²) < 4.78 is 4.10. The second-order valence-electron chi connectivity index (χ2n) is 7.59. The van der Waals surface area contributed by atoms with Crippen LogP contribution in [-0.2, 0) is 20.1 Å². The summed E-state index contributed by atoms with van der Waals surface area (Å²) in [6.45, 7) is 8.08. The topological polar surface area (TPSA) is 72.1 Å². The van der Waals surface area contributed by atoms with Gasteiger partial charge in [-0.15, -0.1) is 0 Å². The lowest BCUT2D eigenvalue weighted by Crippen LogP contribution is -2.37. The Morgan fingerprint density at radius 1 is 1.03 bits per heavy atom. The molecule has 7 heteroatoms. The number of nitrogens with zero attached hydrogens (tertiary/aromatic N) is 5. The lowest BCUT2D eigenvalue weighted by Gasteiger charge is -2.13. The molecule has 31 heavy (non-hydrogen) atoms. The van der Waals surface area contributed by atoms with Gasteiger partial charge in [-0.2, -0.15) is 5.10 Å². The molecule has 4 rings (SSSR count). The van der Waals surface area contributed by atoms with Crippen LogP contribution in [0.5, 0.6) is 0 Å². The Kier molecular flexibility index (Phi) is 6.02. The molecule has 2 N–H and O–H groups in total. The van der Waals surface area contributed by atoms with Gasteiger partial charge < -0.3 is 15.2 Å². The molecule has 2 aromatic heterocycles. The van der Waals surface area contributed by atoms with Crippen LogP contribution in [0.4, 0.5) is 0 Å². The average molecular weight is 416 g/mol. The Bertz CT molecular complexity index is 1220. The van der Waals surface area contributed by atoms with Crippen molar-refractivity contribution in [3.05, 3.63) is 77.4 Å². The van der Waals surface area contributed by atoms with Gasteiger partial charge >= 0.3 is 0 Å². The minimum Gasteiger partial charge on any atom is -0.357 e. The molecule has 160 valence electrons. The van der Waals surface area contributed by atoms with E-state index >= 15 is 0 Å². The molecule has 4 aromatic rings. The number of nitrogens with one attached hydrogen (secondary N) is 2. The van der Waals surface area contributed by atoms with Crippen LogP contribution < -0.4 is 10.6 Å². The van der Waals surface area contributed by atoms with Gasteiger partial charge in [-0.1, -0.05) is 30.3 Å². The molecule has 0 saturated heterocycles. The van der Waals surface area contributed by atoms with Crippen molar-refractivity contribution in [2.45, 2.75) is 33.9 Å². The van der Waals surface area contributed by atoms with E-state index in [1.54, 1.807) is 0 Å². The number of aryl methyl sites for hydroxylation is 3. The number of aromatic nitrogens is 4. The van der Waals surface area contributed by atoms with E-state index in [0.29, 0.717) is 13.1 Å². The number of aliphatic imine (C=N–C) groups is 1. The van der Waals surface area contributed by atoms with E-state index in [1.807, 2.05) is 49.0 Å². The first-order chi connectivity index (χ1) is 15.1. The third kappa shape index (κ3) is 4.45. The maximum absolute atomic E-state index is 4.82. The minimum absolute atomic E-state index is 0.548. The van der Waals surface area contributed by atoms with Crippen LogP contribution in [0.25, 0.3) is 16.7 Å². The Morgan fingerprint density at radius 2 is 1.81 bits per heavy atom. The first kappa shape index (κ1) is 20.7. The van der Waals surface area contributed by atoms with Crippen LogP contribution in [0.2, 0.25) is 0 Å². The van der Waals surface area contributed by atoms with Gasteiger partial charge in [0.1, 0.15) is 5.82 Å². The molecule has 0 aliphatic heterocycles. The van der Waals surface area contributed by atoms with E-state index in [1.165, 1.54) is 0 Å². The average Bonchev–Trinajstić information content (AvgIpc) is 3.28. The van der Waals surface area contributed by atoms with Crippen LogP contribution in [0.3, 0.4) is 0 Å². The molecule has 0 amide bonds. The smallest absolute Gasteiger partial charge is 0.191 e. The zero-order valence-corrected chi connectivity index (χ0v) is 18.6. The SMILES string of the molecule is CCNC(=NCc1ccccc1-n1nc(C)cc1C)NCc1nc2ccccc2n1C. The molecule has 0 bridgehead atoms. The molecule has 0 atom stereocenters. The highest BCUT2D eigenvalue weighted by molar-refractivity contribution is 5.80. The summed E-state index contributed by atoms with van der Waals surface area (Å²) in [7, 11) is 2.04. The first-order valence-electron chi connectivity index (χ1n) is 10.6. The van der Waals surface area contributed by atoms with Gasteiger partial charge in [0.05, 0.1) is 35.5 Å². The largest absolute Gasteiger partial charge is 0.357 e. The summed E-state index contributed by atoms with van der Waals surface area (Å²) in [5.74, 6) is 1.73. The zero-order valence-electron chi connectivity index (χ0n) is 18.6. The van der Waals surface area contributed by atoms with Gasteiger partial charge in [-0.25, -0.2) is 14.7 Å². The van der Waals surface area contributed by atoms with E-state index in [2.05, 4.69) is 58.4 Å². The van der Waals surface area contributed by atoms with Crippen LogP contribution in [0.1, 0.15) is 29.7 Å². The maximum atomic E-state index is 4.82. The molecule has 0 fully saturated rings. The van der Waals surface area contributed by atoms with E-state index in [4.69, 9.17) is 9.98 Å². The first-order valence-corrected chi connectivity index (χ1v) is 10.6.